The van der Waals surface area contributed by atoms with Gasteiger partial charge in [0.1, 0.15) is 0 Å². The summed E-state index contributed by atoms with van der Waals surface area (Å²) in [6.45, 7) is 12.1. The Hall–Kier alpha value is -0.300. The minimum absolute atomic E-state index is 0.0943. The summed E-state index contributed by atoms with van der Waals surface area (Å²) >= 11 is 0. The van der Waals surface area contributed by atoms with Gasteiger partial charge in [-0.25, -0.2) is 0 Å². The Morgan fingerprint density at radius 2 is 1.89 bits per heavy atom. The van der Waals surface area contributed by atoms with Gasteiger partial charge in [0.25, 0.3) is 0 Å². The lowest BCUT2D eigenvalue weighted by Gasteiger charge is -2.58. The third-order valence-corrected chi connectivity index (χ3v) is 10.1. The fourth-order valence-electron chi connectivity index (χ4n) is 8.51. The van der Waals surface area contributed by atoms with Crippen molar-refractivity contribution >= 4 is 0 Å². The zero-order valence-corrected chi connectivity index (χ0v) is 19.2. The molecule has 4 aliphatic rings. The van der Waals surface area contributed by atoms with Crippen LogP contribution in [0.15, 0.2) is 11.6 Å². The first-order chi connectivity index (χ1) is 13.7. The van der Waals surface area contributed by atoms with Crippen LogP contribution in [-0.4, -0.2) is 11.2 Å². The maximum Gasteiger partial charge on any atom is 0.0577 e. The molecule has 0 aliphatic heterocycles. The first-order valence-corrected chi connectivity index (χ1v) is 12.5. The molecule has 0 radical (unpaired) electrons. The first-order valence-electron chi connectivity index (χ1n) is 13.0. The summed E-state index contributed by atoms with van der Waals surface area (Å²) in [6.07, 6.45) is 15.0. The van der Waals surface area contributed by atoms with E-state index in [0.717, 1.165) is 48.9 Å². The van der Waals surface area contributed by atoms with Crippen molar-refractivity contribution < 1.29 is 6.48 Å². The molecule has 1 heteroatoms. The van der Waals surface area contributed by atoms with E-state index < -0.39 is 0 Å². The van der Waals surface area contributed by atoms with Crippen molar-refractivity contribution in [3.8, 4) is 0 Å². The van der Waals surface area contributed by atoms with Crippen molar-refractivity contribution in [1.29, 1.82) is 0 Å². The van der Waals surface area contributed by atoms with E-state index in [0.29, 0.717) is 16.7 Å². The van der Waals surface area contributed by atoms with Gasteiger partial charge in [0.2, 0.25) is 0 Å². The molecular formula is C27H46O. The van der Waals surface area contributed by atoms with E-state index in [-0.39, 0.29) is 12.5 Å². The Morgan fingerprint density at radius 1 is 1.11 bits per heavy atom. The molecule has 3 saturated carbocycles. The number of allylic oxidation sites excluding steroid dienone is 1. The standard InChI is InChI=1S/C27H46O/c1-18(2)7-6-8-19(3)23-11-12-24-22-10-9-20-17-21(28)13-15-26(20,4)25(22)14-16-27(23,24)5/h9,18-19,21-25,28H,6-8,10-17H2,1-5H3/t19-,21+,22+,23-,24+,25+,26+,27-/m1/s1/i7+1D/t7-,19+,21-,22-,23+,24-,25-,26-,27+/m0. The normalized spacial score (nSPS) is 48.2. The summed E-state index contributed by atoms with van der Waals surface area (Å²) in [7, 11) is 0. The molecule has 0 amide bonds. The van der Waals surface area contributed by atoms with Crippen molar-refractivity contribution in [2.75, 3.05) is 0 Å². The Balaban J connectivity index is 1.49. The first kappa shape index (κ1) is 19.7. The van der Waals surface area contributed by atoms with Crippen LogP contribution in [0.1, 0.15) is 107 Å². The van der Waals surface area contributed by atoms with Gasteiger partial charge in [0.05, 0.1) is 6.10 Å². The highest BCUT2D eigenvalue weighted by Crippen LogP contribution is 2.67. The van der Waals surface area contributed by atoms with Gasteiger partial charge in [0.15, 0.2) is 0 Å². The Kier molecular flexibility index (Phi) is 5.44. The van der Waals surface area contributed by atoms with E-state index in [4.69, 9.17) is 1.37 Å². The molecule has 1 nitrogen and oxygen atoms in total. The molecule has 0 aromatic rings. The Labute approximate surface area is 176 Å². The quantitative estimate of drug-likeness (QED) is 0.384. The summed E-state index contributed by atoms with van der Waals surface area (Å²) in [5.41, 5.74) is 2.48. The van der Waals surface area contributed by atoms with Crippen LogP contribution < -0.4 is 0 Å². The summed E-state index contributed by atoms with van der Waals surface area (Å²) < 4.78 is 8.34. The van der Waals surface area contributed by atoms with E-state index in [2.05, 4.69) is 40.7 Å². The summed E-state index contributed by atoms with van der Waals surface area (Å²) in [5, 5.41) is 10.2. The zero-order chi connectivity index (χ0) is 21.0. The lowest BCUT2D eigenvalue weighted by Crippen LogP contribution is -2.50. The average Bonchev–Trinajstić information content (AvgIpc) is 3.03. The smallest absolute Gasteiger partial charge is 0.0577 e. The van der Waals surface area contributed by atoms with Crippen LogP contribution in [0.5, 0.6) is 0 Å². The molecule has 160 valence electrons. The highest BCUT2D eigenvalue weighted by atomic mass is 16.3. The molecule has 4 aliphatic carbocycles. The number of aliphatic hydroxyl groups is 1. The SMILES string of the molecule is [2H][13C@@H](CC[C@@H](C)[C@H]1CC[C@H]2[C@@H]3CC=C4C[C@@H](O)CC[C@]4(C)[C@H]3CC[C@]12C)C(C)C. The molecule has 3 fully saturated rings. The van der Waals surface area contributed by atoms with Crippen LogP contribution in [0, 0.1) is 46.3 Å². The topological polar surface area (TPSA) is 20.2 Å². The third-order valence-electron chi connectivity index (χ3n) is 10.1. The minimum atomic E-state index is -0.0943. The largest absolute Gasteiger partial charge is 0.393 e. The maximum atomic E-state index is 10.2. The average molecular weight is 389 g/mol. The zero-order valence-electron chi connectivity index (χ0n) is 20.2. The molecule has 9 atom stereocenters. The third kappa shape index (κ3) is 3.42. The molecule has 0 aromatic heterocycles. The summed E-state index contributed by atoms with van der Waals surface area (Å²) in [5.74, 6) is 4.73. The van der Waals surface area contributed by atoms with Gasteiger partial charge in [0, 0.05) is 1.37 Å². The van der Waals surface area contributed by atoms with Crippen LogP contribution in [0.3, 0.4) is 0 Å². The lowest BCUT2D eigenvalue weighted by atomic mass is 9.47. The molecular weight excluding hydrogens is 341 g/mol. The molecule has 1 N–H and O–H groups in total. The molecule has 28 heavy (non-hydrogen) atoms. The molecule has 0 heterocycles. The van der Waals surface area contributed by atoms with Crippen molar-refractivity contribution in [2.24, 2.45) is 46.3 Å². The van der Waals surface area contributed by atoms with Crippen molar-refractivity contribution in [2.45, 2.75) is 111 Å². The van der Waals surface area contributed by atoms with Crippen molar-refractivity contribution in [3.63, 3.8) is 0 Å². The Morgan fingerprint density at radius 3 is 2.64 bits per heavy atom. The van der Waals surface area contributed by atoms with Gasteiger partial charge in [-0.1, -0.05) is 65.5 Å². The molecule has 0 aromatic carbocycles. The van der Waals surface area contributed by atoms with Gasteiger partial charge in [-0.05, 0) is 97.7 Å². The van der Waals surface area contributed by atoms with Crippen molar-refractivity contribution in [3.05, 3.63) is 11.6 Å². The predicted molar refractivity (Wildman–Crippen MR) is 119 cm³/mol. The highest BCUT2D eigenvalue weighted by molar-refractivity contribution is 5.25. The van der Waals surface area contributed by atoms with E-state index >= 15 is 0 Å². The second-order valence-electron chi connectivity index (χ2n) is 11.9. The molecule has 0 unspecified atom stereocenters. The predicted octanol–water partition coefficient (Wildman–Crippen LogP) is 7.39. The summed E-state index contributed by atoms with van der Waals surface area (Å²) in [4.78, 5) is 0. The van der Waals surface area contributed by atoms with Crippen LogP contribution in [0.2, 0.25) is 0 Å². The molecule has 0 saturated heterocycles. The molecule has 0 bridgehead atoms. The van der Waals surface area contributed by atoms with Crippen molar-refractivity contribution in [1.82, 2.24) is 0 Å². The fourth-order valence-corrected chi connectivity index (χ4v) is 8.51. The van der Waals surface area contributed by atoms with E-state index in [9.17, 15) is 5.11 Å². The van der Waals surface area contributed by atoms with Gasteiger partial charge in [-0.15, -0.1) is 0 Å². The number of aliphatic hydroxyl groups excluding tert-OH is 1. The fraction of sp³-hybridized carbons (Fsp3) is 0.926. The van der Waals surface area contributed by atoms with Crippen LogP contribution >= 0.6 is 0 Å². The number of hydrogen-bond acceptors (Lipinski definition) is 1. The van der Waals surface area contributed by atoms with E-state index in [1.807, 2.05) is 0 Å². The molecule has 0 spiro atoms. The van der Waals surface area contributed by atoms with Gasteiger partial charge in [-0.3, -0.25) is 0 Å². The van der Waals surface area contributed by atoms with E-state index in [1.54, 1.807) is 5.57 Å². The summed E-state index contributed by atoms with van der Waals surface area (Å²) in [6, 6.07) is 0. The van der Waals surface area contributed by atoms with Crippen LogP contribution in [0.25, 0.3) is 0 Å². The molecule has 4 rings (SSSR count). The van der Waals surface area contributed by atoms with Gasteiger partial charge >= 0.3 is 0 Å². The van der Waals surface area contributed by atoms with Crippen LogP contribution in [0.4, 0.5) is 0 Å². The maximum absolute atomic E-state index is 10.2. The number of rotatable bonds is 5. The van der Waals surface area contributed by atoms with E-state index in [1.165, 1.54) is 44.9 Å². The Bertz CT molecular complexity index is 626. The highest BCUT2D eigenvalue weighted by Gasteiger charge is 2.59. The number of fused-ring (bicyclic) bond motifs is 5. The lowest BCUT2D eigenvalue weighted by molar-refractivity contribution is -0.0573. The second-order valence-corrected chi connectivity index (χ2v) is 11.9. The monoisotopic (exact) mass is 388 g/mol. The minimum Gasteiger partial charge on any atom is -0.393 e. The van der Waals surface area contributed by atoms with Crippen LogP contribution in [-0.2, 0) is 0 Å². The number of hydrogen-bond donors (Lipinski definition) is 1. The second kappa shape index (κ2) is 7.75. The van der Waals surface area contributed by atoms with Gasteiger partial charge in [-0.2, -0.15) is 0 Å². The van der Waals surface area contributed by atoms with Gasteiger partial charge < -0.3 is 5.11 Å².